The van der Waals surface area contributed by atoms with E-state index in [2.05, 4.69) is 0 Å². The molecule has 3 aliphatic rings. The molecule has 4 atom stereocenters. The molecular weight excluding hydrogens is 492 g/mol. The second-order valence-electron chi connectivity index (χ2n) is 12.6. The van der Waals surface area contributed by atoms with Gasteiger partial charge in [-0.05, 0) is 68.2 Å². The molecule has 6 nitrogen and oxygen atoms in total. The van der Waals surface area contributed by atoms with Gasteiger partial charge in [0.1, 0.15) is 11.5 Å². The van der Waals surface area contributed by atoms with Crippen LogP contribution in [-0.2, 0) is 20.8 Å². The highest BCUT2D eigenvalue weighted by Gasteiger charge is 2.72. The second-order valence-corrected chi connectivity index (χ2v) is 12.6. The largest absolute Gasteiger partial charge is 0.507 e. The third kappa shape index (κ3) is 3.40. The minimum absolute atomic E-state index is 0.0648. The molecule has 39 heavy (non-hydrogen) atoms. The zero-order valence-corrected chi connectivity index (χ0v) is 23.6. The van der Waals surface area contributed by atoms with E-state index in [9.17, 15) is 29.7 Å². The van der Waals surface area contributed by atoms with Crippen molar-refractivity contribution in [2.24, 2.45) is 22.7 Å². The lowest BCUT2D eigenvalue weighted by atomic mass is 9.42. The Labute approximate surface area is 229 Å². The molecular formula is C33H36O6. The first-order chi connectivity index (χ1) is 18.1. The van der Waals surface area contributed by atoms with Gasteiger partial charge in [0.15, 0.2) is 11.4 Å². The summed E-state index contributed by atoms with van der Waals surface area (Å²) in [5.41, 5.74) is -0.611. The minimum atomic E-state index is -2.52. The molecule has 2 aromatic carbocycles. The van der Waals surface area contributed by atoms with E-state index < -0.39 is 45.5 Å². The standard InChI is InChI=1S/C33H36O6/c1-16(2)26-18(4)24(19(5)34)29(37)33(39)30(38)27-28(36)25-22(14-31(27,6)15-32(26,33)7)21(11-12-23(25)35)20-10-8-9-17(3)13-20/h8-13,16,26,35-36,39H,14-15H2,1-7H3/t26-,31+,32+,33-/m1/s1. The van der Waals surface area contributed by atoms with Gasteiger partial charge < -0.3 is 15.3 Å². The molecule has 3 N–H and O–H groups in total. The van der Waals surface area contributed by atoms with Crippen molar-refractivity contribution in [2.45, 2.75) is 66.9 Å². The molecule has 0 radical (unpaired) electrons. The molecule has 0 unspecified atom stereocenters. The molecule has 1 fully saturated rings. The van der Waals surface area contributed by atoms with E-state index in [0.717, 1.165) is 16.7 Å². The van der Waals surface area contributed by atoms with Gasteiger partial charge in [0, 0.05) is 16.4 Å². The smallest absolute Gasteiger partial charge is 0.206 e. The van der Waals surface area contributed by atoms with Crippen LogP contribution in [0.2, 0.25) is 0 Å². The number of phenols is 1. The van der Waals surface area contributed by atoms with E-state index in [4.69, 9.17) is 0 Å². The minimum Gasteiger partial charge on any atom is -0.507 e. The van der Waals surface area contributed by atoms with Crippen molar-refractivity contribution in [1.82, 2.24) is 0 Å². The van der Waals surface area contributed by atoms with E-state index >= 15 is 0 Å². The van der Waals surface area contributed by atoms with Gasteiger partial charge in [0.2, 0.25) is 11.6 Å². The summed E-state index contributed by atoms with van der Waals surface area (Å²) in [5, 5.41) is 34.8. The summed E-state index contributed by atoms with van der Waals surface area (Å²) >= 11 is 0. The van der Waals surface area contributed by atoms with Crippen LogP contribution in [0.5, 0.6) is 5.75 Å². The normalized spacial score (nSPS) is 30.3. The molecule has 0 bridgehead atoms. The van der Waals surface area contributed by atoms with E-state index in [-0.39, 0.29) is 34.8 Å². The van der Waals surface area contributed by atoms with E-state index in [1.54, 1.807) is 13.8 Å². The monoisotopic (exact) mass is 528 g/mol. The molecule has 0 saturated heterocycles. The van der Waals surface area contributed by atoms with Gasteiger partial charge >= 0.3 is 0 Å². The Morgan fingerprint density at radius 3 is 2.28 bits per heavy atom. The Balaban J connectivity index is 1.81. The number of aromatic hydroxyl groups is 1. The maximum Gasteiger partial charge on any atom is 0.206 e. The number of ketones is 3. The van der Waals surface area contributed by atoms with E-state index in [1.807, 2.05) is 58.0 Å². The Hall–Kier alpha value is -3.51. The highest BCUT2D eigenvalue weighted by molar-refractivity contribution is 6.33. The number of Topliss-reactive ketones (excluding diaryl/α,β-unsaturated/α-hetero) is 3. The van der Waals surface area contributed by atoms with Gasteiger partial charge in [0.05, 0.1) is 11.1 Å². The van der Waals surface area contributed by atoms with Gasteiger partial charge in [-0.1, -0.05) is 69.2 Å². The average molecular weight is 529 g/mol. The SMILES string of the molecule is CC(=O)C1=C(C)[C@@H](C(C)C)[C@]2(C)C[C@]3(C)Cc4c(-c5cccc(C)c5)ccc(O)c4C(O)=C3C(=O)[C@]2(O)C1=O. The number of rotatable bonds is 3. The van der Waals surface area contributed by atoms with Gasteiger partial charge in [-0.3, -0.25) is 14.4 Å². The number of hydrogen-bond acceptors (Lipinski definition) is 6. The number of carbonyl (C=O) groups excluding carboxylic acids is 3. The molecule has 204 valence electrons. The Morgan fingerprint density at radius 2 is 1.69 bits per heavy atom. The summed E-state index contributed by atoms with van der Waals surface area (Å²) in [6.07, 6.45) is 0.541. The van der Waals surface area contributed by atoms with Crippen LogP contribution in [0.3, 0.4) is 0 Å². The maximum absolute atomic E-state index is 14.4. The van der Waals surface area contributed by atoms with Crippen LogP contribution in [0.1, 0.15) is 64.7 Å². The van der Waals surface area contributed by atoms with Crippen molar-refractivity contribution in [1.29, 1.82) is 0 Å². The Bertz CT molecular complexity index is 1540. The highest BCUT2D eigenvalue weighted by atomic mass is 16.3. The van der Waals surface area contributed by atoms with Crippen LogP contribution < -0.4 is 0 Å². The molecule has 5 rings (SSSR count). The van der Waals surface area contributed by atoms with Gasteiger partial charge in [-0.15, -0.1) is 0 Å². The quantitative estimate of drug-likeness (QED) is 0.350. The van der Waals surface area contributed by atoms with Crippen molar-refractivity contribution >= 4 is 23.1 Å². The molecule has 0 spiro atoms. The van der Waals surface area contributed by atoms with Crippen molar-refractivity contribution in [3.05, 3.63) is 69.8 Å². The van der Waals surface area contributed by atoms with Crippen molar-refractivity contribution in [3.8, 4) is 16.9 Å². The number of phenolic OH excluding ortho intramolecular Hbond substituents is 1. The van der Waals surface area contributed by atoms with Crippen LogP contribution >= 0.6 is 0 Å². The summed E-state index contributed by atoms with van der Waals surface area (Å²) in [5.74, 6) is -3.39. The predicted molar refractivity (Wildman–Crippen MR) is 149 cm³/mol. The van der Waals surface area contributed by atoms with Crippen LogP contribution in [0, 0.1) is 29.6 Å². The number of fused-ring (bicyclic) bond motifs is 3. The predicted octanol–water partition coefficient (Wildman–Crippen LogP) is 5.67. The summed E-state index contributed by atoms with van der Waals surface area (Å²) < 4.78 is 0. The molecule has 2 aromatic rings. The summed E-state index contributed by atoms with van der Waals surface area (Å²) in [4.78, 5) is 40.9. The van der Waals surface area contributed by atoms with Gasteiger partial charge in [0.25, 0.3) is 0 Å². The number of aryl methyl sites for hydroxylation is 1. The summed E-state index contributed by atoms with van der Waals surface area (Å²) in [6.45, 7) is 12.6. The lowest BCUT2D eigenvalue weighted by Crippen LogP contribution is -2.70. The van der Waals surface area contributed by atoms with Crippen LogP contribution in [0.15, 0.2) is 53.1 Å². The number of aliphatic hydroxyl groups excluding tert-OH is 1. The lowest BCUT2D eigenvalue weighted by molar-refractivity contribution is -0.180. The van der Waals surface area contributed by atoms with Gasteiger partial charge in [-0.25, -0.2) is 0 Å². The first-order valence-electron chi connectivity index (χ1n) is 13.5. The molecule has 0 aromatic heterocycles. The molecule has 0 aliphatic heterocycles. The van der Waals surface area contributed by atoms with Crippen molar-refractivity contribution < 1.29 is 29.7 Å². The molecule has 0 heterocycles. The first-order valence-corrected chi connectivity index (χ1v) is 13.5. The third-order valence-corrected chi connectivity index (χ3v) is 9.53. The van der Waals surface area contributed by atoms with Crippen LogP contribution in [0.4, 0.5) is 0 Å². The molecule has 6 heteroatoms. The Morgan fingerprint density at radius 1 is 1.03 bits per heavy atom. The van der Waals surface area contributed by atoms with Crippen LogP contribution in [-0.4, -0.2) is 38.3 Å². The van der Waals surface area contributed by atoms with Crippen molar-refractivity contribution in [2.75, 3.05) is 0 Å². The number of allylic oxidation sites excluding steroid dienone is 1. The van der Waals surface area contributed by atoms with E-state index in [0.29, 0.717) is 17.6 Å². The number of carbonyl (C=O) groups is 3. The number of aliphatic hydroxyl groups is 2. The maximum atomic E-state index is 14.4. The fourth-order valence-corrected chi connectivity index (χ4v) is 8.33. The Kier molecular flexibility index (Phi) is 5.90. The van der Waals surface area contributed by atoms with Gasteiger partial charge in [-0.2, -0.15) is 0 Å². The first kappa shape index (κ1) is 27.1. The van der Waals surface area contributed by atoms with E-state index in [1.165, 1.54) is 13.0 Å². The summed E-state index contributed by atoms with van der Waals surface area (Å²) in [6, 6.07) is 11.2. The summed E-state index contributed by atoms with van der Waals surface area (Å²) in [7, 11) is 0. The highest BCUT2D eigenvalue weighted by Crippen LogP contribution is 2.65. The number of benzene rings is 2. The van der Waals surface area contributed by atoms with Crippen LogP contribution in [0.25, 0.3) is 16.9 Å². The molecule has 3 aliphatic carbocycles. The molecule has 0 amide bonds. The average Bonchev–Trinajstić information content (AvgIpc) is 2.81. The number of hydrogen-bond donors (Lipinski definition) is 3. The third-order valence-electron chi connectivity index (χ3n) is 9.53. The zero-order valence-electron chi connectivity index (χ0n) is 23.6. The second kappa shape index (κ2) is 8.49. The zero-order chi connectivity index (χ0) is 28.8. The fourth-order valence-electron chi connectivity index (χ4n) is 8.33. The topological polar surface area (TPSA) is 112 Å². The fraction of sp³-hybridized carbons (Fsp3) is 0.424. The molecule has 1 saturated carbocycles. The lowest BCUT2D eigenvalue weighted by Gasteiger charge is -2.60. The van der Waals surface area contributed by atoms with Crippen molar-refractivity contribution in [3.63, 3.8) is 0 Å².